The lowest BCUT2D eigenvalue weighted by Crippen LogP contribution is -2.51. The van der Waals surface area contributed by atoms with Crippen LogP contribution in [0, 0.1) is 0 Å². The fraction of sp³-hybridized carbons (Fsp3) is 0.850. The molecule has 0 amide bonds. The van der Waals surface area contributed by atoms with E-state index in [4.69, 9.17) is 14.2 Å². The van der Waals surface area contributed by atoms with Crippen molar-refractivity contribution in [1.82, 2.24) is 4.90 Å². The Morgan fingerprint density at radius 3 is 0.687 bits per heavy atom. The van der Waals surface area contributed by atoms with E-state index in [2.05, 4.69) is 57.2 Å². The van der Waals surface area contributed by atoms with E-state index in [0.717, 1.165) is 77.0 Å². The molecule has 67 heavy (non-hydrogen) atoms. The van der Waals surface area contributed by atoms with Gasteiger partial charge in [0.15, 0.2) is 18.7 Å². The Balaban J connectivity index is 4.75. The summed E-state index contributed by atoms with van der Waals surface area (Å²) in [4.78, 5) is 40.8. The minimum atomic E-state index is -0.735. The summed E-state index contributed by atoms with van der Waals surface area (Å²) in [5, 5.41) is 0. The maximum absolute atomic E-state index is 13.0. The number of carbonyl (C=O) groups excluding carboxylic acids is 3. The second-order valence-corrected chi connectivity index (χ2v) is 19.7. The highest BCUT2D eigenvalue weighted by Crippen LogP contribution is 2.20. The molecule has 3 unspecified atom stereocenters. The summed E-state index contributed by atoms with van der Waals surface area (Å²) in [6.45, 7) is 12.1. The average molecular weight is 943 g/mol. The van der Waals surface area contributed by atoms with Crippen molar-refractivity contribution in [2.75, 3.05) is 0 Å². The maximum Gasteiger partial charge on any atom is 0.307 e. The molecule has 0 spiro atoms. The van der Waals surface area contributed by atoms with Crippen LogP contribution < -0.4 is 0 Å². The molecule has 0 aromatic rings. The monoisotopic (exact) mass is 942 g/mol. The molecule has 0 aliphatic heterocycles. The van der Waals surface area contributed by atoms with Crippen LogP contribution in [0.4, 0.5) is 0 Å². The molecular weight excluding hydrogens is 831 g/mol. The Bertz CT molecular complexity index is 1040. The van der Waals surface area contributed by atoms with E-state index in [0.29, 0.717) is 19.3 Å². The quantitative estimate of drug-likeness (QED) is 0.0197. The van der Waals surface area contributed by atoms with Gasteiger partial charge < -0.3 is 14.2 Å². The Morgan fingerprint density at radius 1 is 0.299 bits per heavy atom. The SMILES string of the molecule is CCCCCCCCC=CCCCCCCCC(=O)OC(C)N(C(C)OC(=O)CCCCCCCC=CCCCCCCCC)C(C)OC(=O)CCCCCCCC=CCCCCCCCC. The topological polar surface area (TPSA) is 82.1 Å². The summed E-state index contributed by atoms with van der Waals surface area (Å²) in [6.07, 6.45) is 59.7. The Hall–Kier alpha value is -2.41. The number of hydrogen-bond acceptors (Lipinski definition) is 7. The van der Waals surface area contributed by atoms with E-state index >= 15 is 0 Å². The first-order valence-corrected chi connectivity index (χ1v) is 29.1. The van der Waals surface area contributed by atoms with E-state index < -0.39 is 18.7 Å². The number of unbranched alkanes of at least 4 members (excludes halogenated alkanes) is 33. The molecule has 0 N–H and O–H groups in total. The number of carbonyl (C=O) groups is 3. The van der Waals surface area contributed by atoms with Gasteiger partial charge >= 0.3 is 17.9 Å². The second-order valence-electron chi connectivity index (χ2n) is 19.7. The van der Waals surface area contributed by atoms with Crippen LogP contribution >= 0.6 is 0 Å². The summed E-state index contributed by atoms with van der Waals surface area (Å²) >= 11 is 0. The fourth-order valence-electron chi connectivity index (χ4n) is 8.84. The summed E-state index contributed by atoms with van der Waals surface area (Å²) in [5.74, 6) is -0.851. The van der Waals surface area contributed by atoms with Crippen LogP contribution in [0.2, 0.25) is 0 Å². The van der Waals surface area contributed by atoms with Crippen LogP contribution in [0.15, 0.2) is 36.5 Å². The van der Waals surface area contributed by atoms with E-state index in [9.17, 15) is 14.4 Å². The second kappa shape index (κ2) is 51.4. The summed E-state index contributed by atoms with van der Waals surface area (Å²) < 4.78 is 17.7. The van der Waals surface area contributed by atoms with Crippen molar-refractivity contribution in [3.05, 3.63) is 36.5 Å². The number of hydrogen-bond donors (Lipinski definition) is 0. The number of ether oxygens (including phenoxy) is 3. The van der Waals surface area contributed by atoms with Crippen LogP contribution in [0.5, 0.6) is 0 Å². The van der Waals surface area contributed by atoms with Gasteiger partial charge in [-0.2, -0.15) is 4.90 Å². The molecule has 0 fully saturated rings. The van der Waals surface area contributed by atoms with Crippen LogP contribution in [0.1, 0.15) is 311 Å². The lowest BCUT2D eigenvalue weighted by molar-refractivity contribution is -0.212. The van der Waals surface area contributed by atoms with Crippen molar-refractivity contribution in [1.29, 1.82) is 0 Å². The number of allylic oxidation sites excluding steroid dienone is 6. The lowest BCUT2D eigenvalue weighted by Gasteiger charge is -2.37. The minimum Gasteiger partial charge on any atom is -0.446 e. The molecule has 0 heterocycles. The van der Waals surface area contributed by atoms with E-state index in [-0.39, 0.29) is 17.9 Å². The van der Waals surface area contributed by atoms with Crippen molar-refractivity contribution in [2.24, 2.45) is 0 Å². The molecule has 0 aliphatic rings. The van der Waals surface area contributed by atoms with Gasteiger partial charge in [-0.25, -0.2) is 0 Å². The van der Waals surface area contributed by atoms with Crippen molar-refractivity contribution in [3.63, 3.8) is 0 Å². The van der Waals surface area contributed by atoms with Gasteiger partial charge in [-0.15, -0.1) is 0 Å². The van der Waals surface area contributed by atoms with Crippen molar-refractivity contribution >= 4 is 17.9 Å². The van der Waals surface area contributed by atoms with Crippen molar-refractivity contribution in [2.45, 2.75) is 330 Å². The predicted molar refractivity (Wildman–Crippen MR) is 287 cm³/mol. The third kappa shape index (κ3) is 45.8. The fourth-order valence-corrected chi connectivity index (χ4v) is 8.84. The maximum atomic E-state index is 13.0. The minimum absolute atomic E-state index is 0.284. The van der Waals surface area contributed by atoms with Gasteiger partial charge in [0, 0.05) is 19.3 Å². The zero-order valence-corrected chi connectivity index (χ0v) is 45.3. The first kappa shape index (κ1) is 64.6. The first-order chi connectivity index (χ1) is 32.8. The summed E-state index contributed by atoms with van der Waals surface area (Å²) in [6, 6.07) is 0. The number of nitrogens with zero attached hydrogens (tertiary/aromatic N) is 1. The molecule has 0 rings (SSSR count). The Kier molecular flexibility index (Phi) is 49.6. The molecule has 0 radical (unpaired) electrons. The summed E-state index contributed by atoms with van der Waals surface area (Å²) in [5.41, 5.74) is 0. The molecule has 3 atom stereocenters. The molecule has 0 saturated carbocycles. The van der Waals surface area contributed by atoms with Crippen LogP contribution in [-0.4, -0.2) is 41.5 Å². The predicted octanol–water partition coefficient (Wildman–Crippen LogP) is 19.1. The standard InChI is InChI=1S/C60H111NO6/c1-7-10-13-16-19-22-25-28-31-34-37-40-43-46-49-52-58(62)65-55(4)61(56(5)66-59(63)53-50-47-44-41-38-35-32-29-26-23-20-17-14-11-8-2)57(6)67-60(64)54-51-48-45-42-39-36-33-30-27-24-21-18-15-12-9-3/h28-33,55-57H,7-27,34-54H2,1-6H3. The Labute approximate surface area is 416 Å². The molecule has 392 valence electrons. The van der Waals surface area contributed by atoms with Crippen LogP contribution in [0.3, 0.4) is 0 Å². The van der Waals surface area contributed by atoms with E-state index in [1.807, 2.05) is 0 Å². The normalized spacial score (nSPS) is 13.3. The van der Waals surface area contributed by atoms with Gasteiger partial charge in [0.1, 0.15) is 0 Å². The Morgan fingerprint density at radius 2 is 0.478 bits per heavy atom. The van der Waals surface area contributed by atoms with Gasteiger partial charge in [0.2, 0.25) is 0 Å². The van der Waals surface area contributed by atoms with E-state index in [1.54, 1.807) is 25.7 Å². The third-order valence-electron chi connectivity index (χ3n) is 13.1. The molecule has 0 aliphatic carbocycles. The number of esters is 3. The van der Waals surface area contributed by atoms with Gasteiger partial charge in [-0.3, -0.25) is 14.4 Å². The van der Waals surface area contributed by atoms with E-state index in [1.165, 1.54) is 173 Å². The van der Waals surface area contributed by atoms with Crippen LogP contribution in [0.25, 0.3) is 0 Å². The smallest absolute Gasteiger partial charge is 0.307 e. The zero-order valence-electron chi connectivity index (χ0n) is 45.3. The largest absolute Gasteiger partial charge is 0.446 e. The first-order valence-electron chi connectivity index (χ1n) is 29.1. The molecule has 0 saturated heterocycles. The third-order valence-corrected chi connectivity index (χ3v) is 13.1. The highest BCUT2D eigenvalue weighted by molar-refractivity contribution is 5.70. The zero-order chi connectivity index (χ0) is 49.1. The van der Waals surface area contributed by atoms with Gasteiger partial charge in [-0.05, 0) is 117 Å². The molecule has 0 bridgehead atoms. The molecule has 0 aromatic carbocycles. The molecule has 7 heteroatoms. The highest BCUT2D eigenvalue weighted by Gasteiger charge is 2.32. The number of rotatable bonds is 51. The van der Waals surface area contributed by atoms with Crippen molar-refractivity contribution in [3.8, 4) is 0 Å². The van der Waals surface area contributed by atoms with Gasteiger partial charge in [0.05, 0.1) is 0 Å². The average Bonchev–Trinajstić information content (AvgIpc) is 3.30. The van der Waals surface area contributed by atoms with Crippen LogP contribution in [-0.2, 0) is 28.6 Å². The van der Waals surface area contributed by atoms with Gasteiger partial charge in [0.25, 0.3) is 0 Å². The highest BCUT2D eigenvalue weighted by atomic mass is 16.6. The summed E-state index contributed by atoms with van der Waals surface area (Å²) in [7, 11) is 0. The molecule has 0 aromatic heterocycles. The molecular formula is C60H111NO6. The van der Waals surface area contributed by atoms with Gasteiger partial charge in [-0.1, -0.05) is 211 Å². The molecule has 7 nitrogen and oxygen atoms in total. The lowest BCUT2D eigenvalue weighted by atomic mass is 10.1. The van der Waals surface area contributed by atoms with Crippen molar-refractivity contribution < 1.29 is 28.6 Å².